The predicted octanol–water partition coefficient (Wildman–Crippen LogP) is 3.53. The molecule has 32 heavy (non-hydrogen) atoms. The highest BCUT2D eigenvalue weighted by molar-refractivity contribution is 5.92. The van der Waals surface area contributed by atoms with Crippen molar-refractivity contribution in [3.63, 3.8) is 0 Å². The number of carbonyl (C=O) groups is 3. The van der Waals surface area contributed by atoms with E-state index in [1.165, 1.54) is 11.8 Å². The Kier molecular flexibility index (Phi) is 10.2. The molecule has 0 radical (unpaired) electrons. The molecule has 0 aromatic heterocycles. The van der Waals surface area contributed by atoms with Crippen LogP contribution in [0.2, 0.25) is 0 Å². The van der Waals surface area contributed by atoms with Crippen molar-refractivity contribution in [3.05, 3.63) is 34.9 Å². The molecule has 2 unspecified atom stereocenters. The highest BCUT2D eigenvalue weighted by Crippen LogP contribution is 2.26. The van der Waals surface area contributed by atoms with Crippen molar-refractivity contribution < 1.29 is 19.1 Å². The molecule has 0 fully saturated rings. The van der Waals surface area contributed by atoms with Crippen LogP contribution in [0.1, 0.15) is 70.2 Å². The summed E-state index contributed by atoms with van der Waals surface area (Å²) in [4.78, 5) is 39.9. The Bertz CT molecular complexity index is 855. The van der Waals surface area contributed by atoms with Crippen molar-refractivity contribution in [2.24, 2.45) is 0 Å². The maximum Gasteiger partial charge on any atom is 0.408 e. The van der Waals surface area contributed by atoms with Gasteiger partial charge in [-0.1, -0.05) is 37.1 Å². The van der Waals surface area contributed by atoms with Crippen molar-refractivity contribution in [2.75, 3.05) is 13.1 Å². The van der Waals surface area contributed by atoms with Crippen LogP contribution in [0.5, 0.6) is 0 Å². The van der Waals surface area contributed by atoms with E-state index in [4.69, 9.17) is 4.74 Å². The molecule has 0 spiro atoms. The van der Waals surface area contributed by atoms with Crippen LogP contribution >= 0.6 is 0 Å². The van der Waals surface area contributed by atoms with Gasteiger partial charge in [-0.2, -0.15) is 5.26 Å². The number of aryl methyl sites for hydroxylation is 2. The quantitative estimate of drug-likeness (QED) is 0.447. The van der Waals surface area contributed by atoms with E-state index in [-0.39, 0.29) is 12.5 Å². The van der Waals surface area contributed by atoms with Gasteiger partial charge in [-0.15, -0.1) is 0 Å². The van der Waals surface area contributed by atoms with Crippen LogP contribution in [0, 0.1) is 25.2 Å². The molecular weight excluding hydrogens is 408 g/mol. The second kappa shape index (κ2) is 12.1. The van der Waals surface area contributed by atoms with Crippen molar-refractivity contribution >= 4 is 17.9 Å². The summed E-state index contributed by atoms with van der Waals surface area (Å²) in [7, 11) is 0. The second-order valence-corrected chi connectivity index (χ2v) is 8.90. The predicted molar refractivity (Wildman–Crippen MR) is 123 cm³/mol. The number of alkyl carbamates (subject to hydrolysis) is 1. The first-order valence-corrected chi connectivity index (χ1v) is 10.9. The SMILES string of the molecule is CCCCNC(=O)C(c1cc(C)ccc1C)N(CC#N)C(=O)C(C)NC(=O)OC(C)(C)C. The average molecular weight is 445 g/mol. The Morgan fingerprint density at radius 3 is 2.44 bits per heavy atom. The third kappa shape index (κ3) is 8.22. The zero-order chi connectivity index (χ0) is 24.5. The topological polar surface area (TPSA) is 112 Å². The smallest absolute Gasteiger partial charge is 0.408 e. The van der Waals surface area contributed by atoms with Crippen LogP contribution in [0.4, 0.5) is 4.79 Å². The van der Waals surface area contributed by atoms with E-state index in [9.17, 15) is 19.6 Å². The van der Waals surface area contributed by atoms with Gasteiger partial charge in [0.2, 0.25) is 11.8 Å². The van der Waals surface area contributed by atoms with Crippen LogP contribution in [0.25, 0.3) is 0 Å². The zero-order valence-electron chi connectivity index (χ0n) is 20.2. The average Bonchev–Trinajstić information content (AvgIpc) is 2.68. The van der Waals surface area contributed by atoms with Gasteiger partial charge in [-0.25, -0.2) is 4.79 Å². The largest absolute Gasteiger partial charge is 0.444 e. The van der Waals surface area contributed by atoms with Gasteiger partial charge in [0.25, 0.3) is 0 Å². The lowest BCUT2D eigenvalue weighted by Crippen LogP contribution is -2.52. The van der Waals surface area contributed by atoms with Gasteiger partial charge < -0.3 is 20.3 Å². The Labute approximate surface area is 191 Å². The minimum atomic E-state index is -0.998. The molecule has 0 bridgehead atoms. The third-order valence-corrected chi connectivity index (χ3v) is 4.75. The summed E-state index contributed by atoms with van der Waals surface area (Å²) < 4.78 is 5.23. The summed E-state index contributed by atoms with van der Waals surface area (Å²) >= 11 is 0. The van der Waals surface area contributed by atoms with Gasteiger partial charge in [0.15, 0.2) is 0 Å². The molecule has 1 aromatic carbocycles. The fraction of sp³-hybridized carbons (Fsp3) is 0.583. The molecule has 176 valence electrons. The highest BCUT2D eigenvalue weighted by Gasteiger charge is 2.35. The number of nitrogens with zero attached hydrogens (tertiary/aromatic N) is 2. The molecule has 8 heteroatoms. The van der Waals surface area contributed by atoms with E-state index in [0.29, 0.717) is 12.1 Å². The van der Waals surface area contributed by atoms with Crippen molar-refractivity contribution in [1.29, 1.82) is 5.26 Å². The summed E-state index contributed by atoms with van der Waals surface area (Å²) in [5.41, 5.74) is 1.68. The van der Waals surface area contributed by atoms with Gasteiger partial charge in [0.1, 0.15) is 24.2 Å². The number of carbonyl (C=O) groups excluding carboxylic acids is 3. The van der Waals surface area contributed by atoms with Crippen LogP contribution in [0.15, 0.2) is 18.2 Å². The molecule has 8 nitrogen and oxygen atoms in total. The van der Waals surface area contributed by atoms with E-state index < -0.39 is 29.7 Å². The molecule has 0 aliphatic heterocycles. The van der Waals surface area contributed by atoms with Gasteiger partial charge in [-0.05, 0) is 59.1 Å². The van der Waals surface area contributed by atoms with Gasteiger partial charge >= 0.3 is 6.09 Å². The number of nitrogens with one attached hydrogen (secondary N) is 2. The number of hydrogen-bond acceptors (Lipinski definition) is 5. The summed E-state index contributed by atoms with van der Waals surface area (Å²) in [6, 6.07) is 5.65. The van der Waals surface area contributed by atoms with Crippen molar-refractivity contribution in [1.82, 2.24) is 15.5 Å². The number of benzene rings is 1. The number of nitriles is 1. The number of ether oxygens (including phenoxy) is 1. The van der Waals surface area contributed by atoms with Crippen molar-refractivity contribution in [3.8, 4) is 6.07 Å². The Balaban J connectivity index is 3.29. The van der Waals surface area contributed by atoms with Crippen LogP contribution in [-0.4, -0.2) is 47.5 Å². The monoisotopic (exact) mass is 444 g/mol. The Morgan fingerprint density at radius 1 is 1.22 bits per heavy atom. The fourth-order valence-electron chi connectivity index (χ4n) is 3.16. The molecule has 2 N–H and O–H groups in total. The van der Waals surface area contributed by atoms with E-state index in [2.05, 4.69) is 10.6 Å². The van der Waals surface area contributed by atoms with E-state index in [0.717, 1.165) is 24.0 Å². The number of rotatable bonds is 9. The van der Waals surface area contributed by atoms with Crippen molar-refractivity contribution in [2.45, 2.75) is 79.0 Å². The first-order valence-electron chi connectivity index (χ1n) is 10.9. The first kappa shape index (κ1) is 27.0. The minimum absolute atomic E-state index is 0.307. The van der Waals surface area contributed by atoms with Gasteiger partial charge in [0, 0.05) is 6.54 Å². The lowest BCUT2D eigenvalue weighted by Gasteiger charge is -2.32. The maximum absolute atomic E-state index is 13.3. The molecule has 2 atom stereocenters. The minimum Gasteiger partial charge on any atom is -0.444 e. The molecular formula is C24H36N4O4. The number of amides is 3. The number of hydrogen-bond donors (Lipinski definition) is 2. The number of unbranched alkanes of at least 4 members (excludes halogenated alkanes) is 1. The summed E-state index contributed by atoms with van der Waals surface area (Å²) in [5.74, 6) is -0.908. The molecule has 1 rings (SSSR count). The lowest BCUT2D eigenvalue weighted by molar-refractivity contribution is -0.141. The maximum atomic E-state index is 13.3. The second-order valence-electron chi connectivity index (χ2n) is 8.90. The molecule has 3 amide bonds. The van der Waals surface area contributed by atoms with E-state index >= 15 is 0 Å². The van der Waals surface area contributed by atoms with E-state index in [1.54, 1.807) is 20.8 Å². The van der Waals surface area contributed by atoms with Crippen LogP contribution in [-0.2, 0) is 14.3 Å². The zero-order valence-corrected chi connectivity index (χ0v) is 20.2. The Hall–Kier alpha value is -3.08. The van der Waals surface area contributed by atoms with Crippen LogP contribution < -0.4 is 10.6 Å². The molecule has 0 heterocycles. The molecule has 0 saturated carbocycles. The van der Waals surface area contributed by atoms with Crippen LogP contribution in [0.3, 0.4) is 0 Å². The molecule has 0 saturated heterocycles. The summed E-state index contributed by atoms with van der Waals surface area (Å²) in [6.07, 6.45) is 0.964. The van der Waals surface area contributed by atoms with E-state index in [1.807, 2.05) is 45.0 Å². The molecule has 0 aliphatic carbocycles. The standard InChI is InChI=1S/C24H36N4O4/c1-8-9-13-26-21(29)20(19-15-16(2)10-11-17(19)3)28(14-12-25)22(30)18(4)27-23(31)32-24(5,6)7/h10-11,15,18,20H,8-9,13-14H2,1-7H3,(H,26,29)(H,27,31). The third-order valence-electron chi connectivity index (χ3n) is 4.75. The van der Waals surface area contributed by atoms with Gasteiger partial charge in [-0.3, -0.25) is 9.59 Å². The molecule has 0 aliphatic rings. The lowest BCUT2D eigenvalue weighted by atomic mass is 9.96. The normalized spacial score (nSPS) is 12.8. The Morgan fingerprint density at radius 2 is 1.88 bits per heavy atom. The van der Waals surface area contributed by atoms with Gasteiger partial charge in [0.05, 0.1) is 6.07 Å². The summed E-state index contributed by atoms with van der Waals surface area (Å²) in [6.45, 7) is 12.6. The molecule has 1 aromatic rings. The highest BCUT2D eigenvalue weighted by atomic mass is 16.6. The first-order chi connectivity index (χ1) is 14.9. The fourth-order valence-corrected chi connectivity index (χ4v) is 3.16. The summed E-state index contributed by atoms with van der Waals surface area (Å²) in [5, 5.41) is 14.8.